The number of rotatable bonds is 7. The Kier molecular flexibility index (Phi) is 9.96. The maximum Gasteiger partial charge on any atom is 0.241 e. The Bertz CT molecular complexity index is 907. The maximum absolute atomic E-state index is 15.5. The number of carbonyl (C=O) groups is 2. The number of piperidine rings is 1. The average molecular weight is 555 g/mol. The van der Waals surface area contributed by atoms with E-state index >= 15 is 4.39 Å². The van der Waals surface area contributed by atoms with E-state index in [9.17, 15) is 14.0 Å². The van der Waals surface area contributed by atoms with E-state index in [1.807, 2.05) is 4.90 Å². The van der Waals surface area contributed by atoms with Crippen molar-refractivity contribution in [2.24, 2.45) is 27.8 Å². The van der Waals surface area contributed by atoms with Crippen molar-refractivity contribution in [3.05, 3.63) is 0 Å². The summed E-state index contributed by atoms with van der Waals surface area (Å²) in [6, 6.07) is -1.45. The first-order chi connectivity index (χ1) is 18.5. The van der Waals surface area contributed by atoms with E-state index in [4.69, 9.17) is 11.5 Å². The summed E-state index contributed by atoms with van der Waals surface area (Å²) in [5.74, 6) is -1.29. The van der Waals surface area contributed by atoms with Crippen molar-refractivity contribution in [1.29, 1.82) is 0 Å². The molecule has 0 aliphatic carbocycles. The molecule has 0 aromatic rings. The smallest absolute Gasteiger partial charge is 0.241 e. The number of nitrogens with one attached hydrogen (secondary N) is 2. The van der Waals surface area contributed by atoms with Crippen LogP contribution in [-0.2, 0) is 9.59 Å². The molecule has 2 amide bonds. The molecular formula is C27H48F2N8O2. The molecule has 4 aliphatic rings. The van der Waals surface area contributed by atoms with Gasteiger partial charge in [0.25, 0.3) is 0 Å². The number of fused-ring (bicyclic) bond motifs is 1. The van der Waals surface area contributed by atoms with Gasteiger partial charge in [0, 0.05) is 58.6 Å². The van der Waals surface area contributed by atoms with Crippen molar-refractivity contribution in [2.45, 2.75) is 82.6 Å². The zero-order valence-corrected chi connectivity index (χ0v) is 23.7. The van der Waals surface area contributed by atoms with Crippen molar-refractivity contribution in [3.8, 4) is 0 Å². The molecule has 222 valence electrons. The van der Waals surface area contributed by atoms with Gasteiger partial charge in [-0.15, -0.1) is 0 Å². The van der Waals surface area contributed by atoms with Crippen LogP contribution in [0.25, 0.3) is 0 Å². The Labute approximate surface area is 231 Å². The number of amides is 2. The van der Waals surface area contributed by atoms with Crippen molar-refractivity contribution >= 4 is 17.5 Å². The van der Waals surface area contributed by atoms with Gasteiger partial charge in [0.1, 0.15) is 24.3 Å². The van der Waals surface area contributed by atoms with Crippen LogP contribution >= 0.6 is 0 Å². The van der Waals surface area contributed by atoms with Crippen molar-refractivity contribution in [1.82, 2.24) is 25.3 Å². The predicted octanol–water partition coefficient (Wildman–Crippen LogP) is -0.132. The van der Waals surface area contributed by atoms with Crippen LogP contribution in [0.2, 0.25) is 0 Å². The molecule has 0 aromatic heterocycles. The molecule has 4 aliphatic heterocycles. The Morgan fingerprint density at radius 2 is 1.92 bits per heavy atom. The van der Waals surface area contributed by atoms with Gasteiger partial charge in [-0.05, 0) is 31.1 Å². The molecule has 6 N–H and O–H groups in total. The zero-order valence-electron chi connectivity index (χ0n) is 23.7. The second-order valence-electron chi connectivity index (χ2n) is 12.3. The topological polar surface area (TPSA) is 132 Å². The van der Waals surface area contributed by atoms with Crippen LogP contribution in [0.15, 0.2) is 4.99 Å². The SMILES string of the molecule is CCC[C@]1(C)CCC(F)C/N=C(/C(C(=O)NC2CNCC(F)C2N2CCN3CCN(C)C(=O)C3C2)C(N)N)C1. The Hall–Kier alpha value is -1.73. The van der Waals surface area contributed by atoms with Crippen molar-refractivity contribution in [2.75, 3.05) is 59.4 Å². The summed E-state index contributed by atoms with van der Waals surface area (Å²) < 4.78 is 30.0. The predicted molar refractivity (Wildman–Crippen MR) is 148 cm³/mol. The van der Waals surface area contributed by atoms with E-state index in [2.05, 4.69) is 34.4 Å². The van der Waals surface area contributed by atoms with Crippen LogP contribution in [0, 0.1) is 11.3 Å². The first-order valence-corrected chi connectivity index (χ1v) is 14.6. The number of hydrogen-bond donors (Lipinski definition) is 4. The Morgan fingerprint density at radius 1 is 1.21 bits per heavy atom. The standard InChI is InChI=1S/C27H48F2N8O2/c1-4-6-27(2)7-5-17(28)13-33-19(12-27)22(24(30)31)25(38)34-20-15-32-14-18(29)23(20)37-11-10-36-9-8-35(3)26(39)21(36)16-37/h17-18,20-24,32H,4-16,30-31H2,1-3H3,(H,34,38)/b33-19+/t17?,18?,20?,21?,22?,23?,27-/m1/s1. The molecule has 7 atom stereocenters. The number of nitrogens with two attached hydrogens (primary N) is 2. The number of halogens is 2. The summed E-state index contributed by atoms with van der Waals surface area (Å²) in [6.45, 7) is 7.96. The summed E-state index contributed by atoms with van der Waals surface area (Å²) >= 11 is 0. The molecule has 0 radical (unpaired) electrons. The molecule has 0 bridgehead atoms. The summed E-state index contributed by atoms with van der Waals surface area (Å²) in [7, 11) is 1.80. The highest BCUT2D eigenvalue weighted by molar-refractivity contribution is 6.05. The van der Waals surface area contributed by atoms with Crippen LogP contribution in [0.4, 0.5) is 8.78 Å². The zero-order chi connectivity index (χ0) is 28.3. The molecule has 3 fully saturated rings. The minimum absolute atomic E-state index is 0.0116. The molecule has 12 heteroatoms. The molecular weight excluding hydrogens is 506 g/mol. The van der Waals surface area contributed by atoms with E-state index in [0.717, 1.165) is 19.4 Å². The number of likely N-dealkylation sites (N-methyl/N-ethyl adjacent to an activating group) is 1. The lowest BCUT2D eigenvalue weighted by Crippen LogP contribution is -2.71. The molecule has 3 saturated heterocycles. The van der Waals surface area contributed by atoms with Gasteiger partial charge in [0.05, 0.1) is 24.8 Å². The molecule has 4 heterocycles. The lowest BCUT2D eigenvalue weighted by Gasteiger charge is -2.50. The fraction of sp³-hybridized carbons (Fsp3) is 0.889. The van der Waals surface area contributed by atoms with Gasteiger partial charge >= 0.3 is 0 Å². The minimum Gasteiger partial charge on any atom is -0.350 e. The van der Waals surface area contributed by atoms with E-state index < -0.39 is 42.4 Å². The summed E-state index contributed by atoms with van der Waals surface area (Å²) in [5, 5.41) is 6.14. The van der Waals surface area contributed by atoms with Crippen molar-refractivity contribution in [3.63, 3.8) is 0 Å². The van der Waals surface area contributed by atoms with Crippen LogP contribution < -0.4 is 22.1 Å². The highest BCUT2D eigenvalue weighted by Gasteiger charge is 2.45. The highest BCUT2D eigenvalue weighted by Crippen LogP contribution is 2.37. The first kappa shape index (κ1) is 30.2. The normalized spacial score (nSPS) is 37.4. The van der Waals surface area contributed by atoms with Crippen LogP contribution in [0.1, 0.15) is 46.0 Å². The van der Waals surface area contributed by atoms with Gasteiger partial charge < -0.3 is 27.0 Å². The Balaban J connectivity index is 1.52. The van der Waals surface area contributed by atoms with Gasteiger partial charge in [-0.25, -0.2) is 8.78 Å². The van der Waals surface area contributed by atoms with Crippen LogP contribution in [0.5, 0.6) is 0 Å². The van der Waals surface area contributed by atoms with Crippen LogP contribution in [0.3, 0.4) is 0 Å². The molecule has 0 saturated carbocycles. The summed E-state index contributed by atoms with van der Waals surface area (Å²) in [4.78, 5) is 37.1. The van der Waals surface area contributed by atoms with E-state index in [-0.39, 0.29) is 30.5 Å². The lowest BCUT2D eigenvalue weighted by molar-refractivity contribution is -0.145. The van der Waals surface area contributed by atoms with E-state index in [0.29, 0.717) is 57.7 Å². The fourth-order valence-electron chi connectivity index (χ4n) is 6.99. The van der Waals surface area contributed by atoms with Gasteiger partial charge in [-0.1, -0.05) is 20.3 Å². The number of alkyl halides is 2. The number of nitrogens with zero attached hydrogens (tertiary/aromatic N) is 4. The monoisotopic (exact) mass is 554 g/mol. The average Bonchev–Trinajstić information content (AvgIpc) is 2.87. The third-order valence-electron chi connectivity index (χ3n) is 9.18. The first-order valence-electron chi connectivity index (χ1n) is 14.6. The number of hydrogen-bond acceptors (Lipinski definition) is 8. The maximum atomic E-state index is 15.5. The summed E-state index contributed by atoms with van der Waals surface area (Å²) in [5.41, 5.74) is 12.6. The second kappa shape index (κ2) is 12.8. The molecule has 6 unspecified atom stereocenters. The van der Waals surface area contributed by atoms with E-state index in [1.165, 1.54) is 0 Å². The van der Waals surface area contributed by atoms with Crippen molar-refractivity contribution < 1.29 is 18.4 Å². The quantitative estimate of drug-likeness (QED) is 0.322. The number of aliphatic imine (C=N–C) groups is 1. The highest BCUT2D eigenvalue weighted by atomic mass is 19.1. The second-order valence-corrected chi connectivity index (χ2v) is 12.3. The molecule has 39 heavy (non-hydrogen) atoms. The largest absolute Gasteiger partial charge is 0.350 e. The lowest BCUT2D eigenvalue weighted by atomic mass is 9.73. The number of piperazine rings is 2. The van der Waals surface area contributed by atoms with Gasteiger partial charge in [-0.3, -0.25) is 24.4 Å². The molecule has 10 nitrogen and oxygen atoms in total. The number of carbonyl (C=O) groups excluding carboxylic acids is 2. The van der Waals surface area contributed by atoms with Gasteiger partial charge in [-0.2, -0.15) is 0 Å². The van der Waals surface area contributed by atoms with E-state index in [1.54, 1.807) is 11.9 Å². The third-order valence-corrected chi connectivity index (χ3v) is 9.18. The Morgan fingerprint density at radius 3 is 2.64 bits per heavy atom. The molecule has 4 rings (SSSR count). The fourth-order valence-corrected chi connectivity index (χ4v) is 6.99. The van der Waals surface area contributed by atoms with Gasteiger partial charge in [0.15, 0.2) is 0 Å². The molecule has 0 aromatic carbocycles. The minimum atomic E-state index is -1.23. The van der Waals surface area contributed by atoms with Gasteiger partial charge in [0.2, 0.25) is 11.8 Å². The third kappa shape index (κ3) is 6.95. The summed E-state index contributed by atoms with van der Waals surface area (Å²) in [6.07, 6.45) is 0.158. The van der Waals surface area contributed by atoms with Crippen LogP contribution in [-0.4, -0.2) is 128 Å². The molecule has 0 spiro atoms.